The monoisotopic (exact) mass is 242 g/mol. The number of H-pyrrole nitrogens is 2. The zero-order chi connectivity index (χ0) is 12.4. The third-order valence-electron chi connectivity index (χ3n) is 2.70. The summed E-state index contributed by atoms with van der Waals surface area (Å²) < 4.78 is 0. The Morgan fingerprint density at radius 1 is 1.33 bits per heavy atom. The van der Waals surface area contributed by atoms with Gasteiger partial charge in [-0.25, -0.2) is 4.98 Å². The van der Waals surface area contributed by atoms with Gasteiger partial charge in [0.15, 0.2) is 5.65 Å². The van der Waals surface area contributed by atoms with Crippen LogP contribution < -0.4 is 5.32 Å². The van der Waals surface area contributed by atoms with Crippen LogP contribution in [0.2, 0.25) is 0 Å². The Bertz CT molecular complexity index is 640. The zero-order valence-corrected chi connectivity index (χ0v) is 10.1. The first-order valence-corrected chi connectivity index (χ1v) is 5.97. The van der Waals surface area contributed by atoms with Gasteiger partial charge in [-0.1, -0.05) is 6.92 Å². The van der Waals surface area contributed by atoms with E-state index in [0.29, 0.717) is 5.95 Å². The number of fused-ring (bicyclic) bond motifs is 1. The Balaban J connectivity index is 2.12. The molecule has 0 aliphatic heterocycles. The Morgan fingerprint density at radius 3 is 3.06 bits per heavy atom. The minimum atomic E-state index is 0.623. The molecule has 3 aromatic rings. The molecule has 6 nitrogen and oxygen atoms in total. The molecule has 0 saturated heterocycles. The maximum atomic E-state index is 4.54. The molecule has 0 radical (unpaired) electrons. The van der Waals surface area contributed by atoms with Crippen molar-refractivity contribution in [1.29, 1.82) is 0 Å². The molecule has 6 heteroatoms. The van der Waals surface area contributed by atoms with E-state index in [1.807, 2.05) is 18.3 Å². The van der Waals surface area contributed by atoms with Crippen LogP contribution in [0.15, 0.2) is 24.5 Å². The van der Waals surface area contributed by atoms with Gasteiger partial charge in [-0.2, -0.15) is 10.1 Å². The molecule has 92 valence electrons. The first-order chi connectivity index (χ1) is 8.88. The molecular weight excluding hydrogens is 228 g/mol. The maximum Gasteiger partial charge on any atom is 0.225 e. The maximum absolute atomic E-state index is 4.54. The van der Waals surface area contributed by atoms with Crippen LogP contribution in [0.25, 0.3) is 22.4 Å². The second-order valence-electron chi connectivity index (χ2n) is 4.04. The molecular formula is C12H14N6. The Kier molecular flexibility index (Phi) is 2.68. The summed E-state index contributed by atoms with van der Waals surface area (Å²) in [6, 6.07) is 3.93. The number of nitrogens with one attached hydrogen (secondary N) is 3. The van der Waals surface area contributed by atoms with E-state index in [9.17, 15) is 0 Å². The highest BCUT2D eigenvalue weighted by Gasteiger charge is 2.11. The van der Waals surface area contributed by atoms with Crippen LogP contribution in [-0.4, -0.2) is 31.7 Å². The summed E-state index contributed by atoms with van der Waals surface area (Å²) in [5, 5.41) is 11.0. The van der Waals surface area contributed by atoms with Gasteiger partial charge in [-0.05, 0) is 18.6 Å². The minimum Gasteiger partial charge on any atom is -0.360 e. The Morgan fingerprint density at radius 2 is 2.28 bits per heavy atom. The molecule has 0 saturated carbocycles. The van der Waals surface area contributed by atoms with Gasteiger partial charge in [0.25, 0.3) is 0 Å². The third kappa shape index (κ3) is 1.81. The first kappa shape index (κ1) is 10.8. The molecule has 3 N–H and O–H groups in total. The predicted octanol–water partition coefficient (Wildman–Crippen LogP) is 2.17. The molecule has 0 aliphatic carbocycles. The van der Waals surface area contributed by atoms with E-state index in [0.717, 1.165) is 35.4 Å². The van der Waals surface area contributed by atoms with Crippen LogP contribution in [0.1, 0.15) is 13.3 Å². The lowest BCUT2D eigenvalue weighted by atomic mass is 10.2. The number of hydrogen-bond acceptors (Lipinski definition) is 4. The molecule has 0 amide bonds. The molecule has 0 unspecified atom stereocenters. The molecule has 0 spiro atoms. The largest absolute Gasteiger partial charge is 0.360 e. The lowest BCUT2D eigenvalue weighted by Crippen LogP contribution is -2.05. The van der Waals surface area contributed by atoms with Gasteiger partial charge in [-0.15, -0.1) is 0 Å². The van der Waals surface area contributed by atoms with Crippen molar-refractivity contribution in [2.75, 3.05) is 11.9 Å². The zero-order valence-electron chi connectivity index (χ0n) is 10.1. The third-order valence-corrected chi connectivity index (χ3v) is 2.70. The molecule has 3 aromatic heterocycles. The first-order valence-electron chi connectivity index (χ1n) is 5.97. The van der Waals surface area contributed by atoms with E-state index >= 15 is 0 Å². The lowest BCUT2D eigenvalue weighted by molar-refractivity contribution is 0.955. The van der Waals surface area contributed by atoms with E-state index in [2.05, 4.69) is 37.4 Å². The molecule has 0 fully saturated rings. The molecule has 3 heterocycles. The van der Waals surface area contributed by atoms with Crippen molar-refractivity contribution in [3.63, 3.8) is 0 Å². The van der Waals surface area contributed by atoms with Crippen LogP contribution in [0.3, 0.4) is 0 Å². The van der Waals surface area contributed by atoms with Gasteiger partial charge in [0, 0.05) is 12.7 Å². The lowest BCUT2D eigenvalue weighted by Gasteiger charge is -2.05. The molecule has 3 rings (SSSR count). The van der Waals surface area contributed by atoms with E-state index in [-0.39, 0.29) is 0 Å². The second kappa shape index (κ2) is 4.48. The summed E-state index contributed by atoms with van der Waals surface area (Å²) in [6.45, 7) is 2.96. The number of anilines is 1. The Hall–Kier alpha value is -2.37. The summed E-state index contributed by atoms with van der Waals surface area (Å²) in [5.41, 5.74) is 2.56. The van der Waals surface area contributed by atoms with Crippen molar-refractivity contribution in [1.82, 2.24) is 25.1 Å². The van der Waals surface area contributed by atoms with Gasteiger partial charge in [0.1, 0.15) is 5.69 Å². The minimum absolute atomic E-state index is 0.623. The topological polar surface area (TPSA) is 82.3 Å². The van der Waals surface area contributed by atoms with Crippen LogP contribution in [0.4, 0.5) is 5.95 Å². The number of aromatic nitrogens is 5. The van der Waals surface area contributed by atoms with Gasteiger partial charge in [-0.3, -0.25) is 5.10 Å². The fourth-order valence-corrected chi connectivity index (χ4v) is 1.83. The number of nitrogens with zero attached hydrogens (tertiary/aromatic N) is 3. The average Bonchev–Trinajstić information content (AvgIpc) is 3.05. The van der Waals surface area contributed by atoms with E-state index in [1.54, 1.807) is 6.20 Å². The predicted molar refractivity (Wildman–Crippen MR) is 70.3 cm³/mol. The van der Waals surface area contributed by atoms with Crippen LogP contribution in [0.5, 0.6) is 0 Å². The van der Waals surface area contributed by atoms with Crippen molar-refractivity contribution in [2.45, 2.75) is 13.3 Å². The number of aromatic amines is 2. The summed E-state index contributed by atoms with van der Waals surface area (Å²) in [5.74, 6) is 0.623. The smallest absolute Gasteiger partial charge is 0.225 e. The second-order valence-corrected chi connectivity index (χ2v) is 4.04. The van der Waals surface area contributed by atoms with Crippen molar-refractivity contribution in [2.24, 2.45) is 0 Å². The van der Waals surface area contributed by atoms with Crippen molar-refractivity contribution < 1.29 is 0 Å². The van der Waals surface area contributed by atoms with E-state index < -0.39 is 0 Å². The molecule has 18 heavy (non-hydrogen) atoms. The highest BCUT2D eigenvalue weighted by molar-refractivity contribution is 5.89. The standard InChI is InChI=1S/C12H14N6/c1-2-5-14-12-16-10(9-4-3-6-13-9)8-7-15-18-11(8)17-12/h3-4,6-7,13H,2,5H2,1H3,(H2,14,15,16,17,18). The van der Waals surface area contributed by atoms with Crippen molar-refractivity contribution in [3.8, 4) is 11.4 Å². The molecule has 0 atom stereocenters. The van der Waals surface area contributed by atoms with Gasteiger partial charge in [0.2, 0.25) is 5.95 Å². The fourth-order valence-electron chi connectivity index (χ4n) is 1.83. The summed E-state index contributed by atoms with van der Waals surface area (Å²) in [4.78, 5) is 12.1. The van der Waals surface area contributed by atoms with Crippen molar-refractivity contribution >= 4 is 17.0 Å². The number of hydrogen-bond donors (Lipinski definition) is 3. The quantitative estimate of drug-likeness (QED) is 0.654. The fraction of sp³-hybridized carbons (Fsp3) is 0.250. The highest BCUT2D eigenvalue weighted by Crippen LogP contribution is 2.24. The summed E-state index contributed by atoms with van der Waals surface area (Å²) in [7, 11) is 0. The summed E-state index contributed by atoms with van der Waals surface area (Å²) >= 11 is 0. The average molecular weight is 242 g/mol. The van der Waals surface area contributed by atoms with Gasteiger partial charge < -0.3 is 10.3 Å². The van der Waals surface area contributed by atoms with Gasteiger partial charge >= 0.3 is 0 Å². The normalized spacial score (nSPS) is 10.9. The van der Waals surface area contributed by atoms with Crippen molar-refractivity contribution in [3.05, 3.63) is 24.5 Å². The highest BCUT2D eigenvalue weighted by atomic mass is 15.2. The van der Waals surface area contributed by atoms with E-state index in [1.165, 1.54) is 0 Å². The van der Waals surface area contributed by atoms with Gasteiger partial charge in [0.05, 0.1) is 17.3 Å². The molecule has 0 aromatic carbocycles. The summed E-state index contributed by atoms with van der Waals surface area (Å²) in [6.07, 6.45) is 4.65. The Labute approximate surface area is 104 Å². The van der Waals surface area contributed by atoms with Crippen LogP contribution in [0, 0.1) is 0 Å². The van der Waals surface area contributed by atoms with Crippen LogP contribution >= 0.6 is 0 Å². The molecule has 0 bridgehead atoms. The number of rotatable bonds is 4. The SMILES string of the molecule is CCCNc1nc(-c2ccc[nH]2)c2cn[nH]c2n1. The molecule has 0 aliphatic rings. The van der Waals surface area contributed by atoms with E-state index in [4.69, 9.17) is 0 Å². The van der Waals surface area contributed by atoms with Crippen LogP contribution in [-0.2, 0) is 0 Å².